The van der Waals surface area contributed by atoms with E-state index in [9.17, 15) is 0 Å². The van der Waals surface area contributed by atoms with E-state index in [0.29, 0.717) is 5.92 Å². The fourth-order valence-corrected chi connectivity index (χ4v) is 5.25. The lowest BCUT2D eigenvalue weighted by Gasteiger charge is -2.32. The summed E-state index contributed by atoms with van der Waals surface area (Å²) in [6.45, 7) is 3.33. The molecule has 2 aliphatic rings. The third kappa shape index (κ3) is 4.20. The van der Waals surface area contributed by atoms with Crippen LogP contribution >= 0.6 is 0 Å². The molecule has 3 aromatic rings. The van der Waals surface area contributed by atoms with Crippen LogP contribution < -0.4 is 4.90 Å². The van der Waals surface area contributed by atoms with E-state index in [4.69, 9.17) is 4.98 Å². The molecular weight excluding hydrogens is 368 g/mol. The van der Waals surface area contributed by atoms with Crippen LogP contribution in [0.15, 0.2) is 54.7 Å². The highest BCUT2D eigenvalue weighted by Crippen LogP contribution is 2.28. The lowest BCUT2D eigenvalue weighted by Crippen LogP contribution is -2.37. The lowest BCUT2D eigenvalue weighted by molar-refractivity contribution is 0.170. The smallest absolute Gasteiger partial charge is 0.225 e. The first-order valence-corrected chi connectivity index (χ1v) is 11.5. The fourth-order valence-electron chi connectivity index (χ4n) is 5.25. The monoisotopic (exact) mass is 400 g/mol. The van der Waals surface area contributed by atoms with Crippen LogP contribution in [0, 0.1) is 5.92 Å². The number of hydrogen-bond donors (Lipinski definition) is 0. The molecule has 1 saturated heterocycles. The molecule has 0 bridgehead atoms. The van der Waals surface area contributed by atoms with Crippen molar-refractivity contribution in [2.45, 2.75) is 44.6 Å². The van der Waals surface area contributed by atoms with Crippen molar-refractivity contribution in [1.82, 2.24) is 14.9 Å². The van der Waals surface area contributed by atoms with Gasteiger partial charge in [0.1, 0.15) is 0 Å². The van der Waals surface area contributed by atoms with Gasteiger partial charge in [-0.1, -0.05) is 55.7 Å². The van der Waals surface area contributed by atoms with Gasteiger partial charge in [-0.05, 0) is 55.1 Å². The second-order valence-corrected chi connectivity index (χ2v) is 9.14. The topological polar surface area (TPSA) is 32.3 Å². The minimum absolute atomic E-state index is 0.713. The number of nitrogens with zero attached hydrogens (tertiary/aromatic N) is 4. The second-order valence-electron chi connectivity index (χ2n) is 9.14. The first-order chi connectivity index (χ1) is 14.8. The first kappa shape index (κ1) is 19.5. The van der Waals surface area contributed by atoms with Crippen LogP contribution in [0.5, 0.6) is 0 Å². The fraction of sp³-hybridized carbons (Fsp3) is 0.462. The zero-order valence-electron chi connectivity index (χ0n) is 18.0. The molecule has 2 heterocycles. The SMILES string of the molecule is CN(C[C@@H]1CCN(c2nccc(-c3ccc4ccccc4c3)n2)C1)C1CCCCC1. The van der Waals surface area contributed by atoms with Gasteiger partial charge < -0.3 is 9.80 Å². The Balaban J connectivity index is 1.27. The van der Waals surface area contributed by atoms with Crippen molar-refractivity contribution in [1.29, 1.82) is 0 Å². The van der Waals surface area contributed by atoms with Crippen LogP contribution in [0.1, 0.15) is 38.5 Å². The highest BCUT2D eigenvalue weighted by molar-refractivity contribution is 5.86. The molecule has 0 radical (unpaired) electrons. The molecule has 0 unspecified atom stereocenters. The largest absolute Gasteiger partial charge is 0.340 e. The van der Waals surface area contributed by atoms with Crippen molar-refractivity contribution in [3.05, 3.63) is 54.7 Å². The average molecular weight is 401 g/mol. The summed E-state index contributed by atoms with van der Waals surface area (Å²) in [4.78, 5) is 14.6. The van der Waals surface area contributed by atoms with Crippen LogP contribution in [-0.2, 0) is 0 Å². The predicted octanol–water partition coefficient (Wildman–Crippen LogP) is 5.39. The van der Waals surface area contributed by atoms with Gasteiger partial charge >= 0.3 is 0 Å². The van der Waals surface area contributed by atoms with Gasteiger partial charge in [-0.3, -0.25) is 0 Å². The van der Waals surface area contributed by atoms with E-state index in [1.54, 1.807) is 0 Å². The van der Waals surface area contributed by atoms with Crippen molar-refractivity contribution in [2.75, 3.05) is 31.6 Å². The molecule has 0 N–H and O–H groups in total. The minimum atomic E-state index is 0.713. The number of fused-ring (bicyclic) bond motifs is 1. The van der Waals surface area contributed by atoms with E-state index in [1.807, 2.05) is 12.3 Å². The molecule has 156 valence electrons. The molecule has 5 rings (SSSR count). The Morgan fingerprint density at radius 1 is 0.967 bits per heavy atom. The van der Waals surface area contributed by atoms with E-state index in [1.165, 1.54) is 55.8 Å². The van der Waals surface area contributed by atoms with Gasteiger partial charge in [0, 0.05) is 37.4 Å². The van der Waals surface area contributed by atoms with Crippen LogP contribution in [-0.4, -0.2) is 47.6 Å². The Labute approximate surface area is 179 Å². The van der Waals surface area contributed by atoms with E-state index in [0.717, 1.165) is 36.3 Å². The van der Waals surface area contributed by atoms with Crippen molar-refractivity contribution in [2.24, 2.45) is 5.92 Å². The van der Waals surface area contributed by atoms with Gasteiger partial charge in [0.15, 0.2) is 0 Å². The minimum Gasteiger partial charge on any atom is -0.340 e. The van der Waals surface area contributed by atoms with Crippen molar-refractivity contribution >= 4 is 16.7 Å². The van der Waals surface area contributed by atoms with Crippen molar-refractivity contribution in [3.63, 3.8) is 0 Å². The summed E-state index contributed by atoms with van der Waals surface area (Å²) in [5.41, 5.74) is 2.17. The van der Waals surface area contributed by atoms with Gasteiger partial charge in [-0.15, -0.1) is 0 Å². The summed E-state index contributed by atoms with van der Waals surface area (Å²) >= 11 is 0. The maximum atomic E-state index is 4.94. The Morgan fingerprint density at radius 3 is 2.67 bits per heavy atom. The Morgan fingerprint density at radius 2 is 1.80 bits per heavy atom. The van der Waals surface area contributed by atoms with E-state index in [2.05, 4.69) is 64.3 Å². The normalized spacial score (nSPS) is 20.3. The number of benzene rings is 2. The van der Waals surface area contributed by atoms with Gasteiger partial charge in [-0.25, -0.2) is 9.97 Å². The van der Waals surface area contributed by atoms with Crippen molar-refractivity contribution < 1.29 is 0 Å². The second kappa shape index (κ2) is 8.73. The van der Waals surface area contributed by atoms with Crippen LogP contribution in [0.2, 0.25) is 0 Å². The van der Waals surface area contributed by atoms with Gasteiger partial charge in [0.25, 0.3) is 0 Å². The lowest BCUT2D eigenvalue weighted by atomic mass is 9.94. The molecule has 2 aromatic carbocycles. The molecule has 2 fully saturated rings. The molecule has 1 aliphatic heterocycles. The number of rotatable bonds is 5. The molecule has 30 heavy (non-hydrogen) atoms. The molecule has 0 spiro atoms. The number of hydrogen-bond acceptors (Lipinski definition) is 4. The molecule has 1 aliphatic carbocycles. The maximum Gasteiger partial charge on any atom is 0.225 e. The summed E-state index contributed by atoms with van der Waals surface area (Å²) in [5.74, 6) is 1.59. The predicted molar refractivity (Wildman–Crippen MR) is 125 cm³/mol. The molecular formula is C26H32N4. The van der Waals surface area contributed by atoms with Crippen LogP contribution in [0.4, 0.5) is 5.95 Å². The summed E-state index contributed by atoms with van der Waals surface area (Å²) in [6, 6.07) is 17.9. The molecule has 1 atom stereocenters. The molecule has 4 heteroatoms. The van der Waals surface area contributed by atoms with E-state index in [-0.39, 0.29) is 0 Å². The van der Waals surface area contributed by atoms with Crippen LogP contribution in [0.25, 0.3) is 22.0 Å². The molecule has 4 nitrogen and oxygen atoms in total. The quantitative estimate of drug-likeness (QED) is 0.575. The third-order valence-corrected chi connectivity index (χ3v) is 7.00. The molecule has 1 aromatic heterocycles. The van der Waals surface area contributed by atoms with Gasteiger partial charge in [-0.2, -0.15) is 0 Å². The van der Waals surface area contributed by atoms with Crippen LogP contribution in [0.3, 0.4) is 0 Å². The number of anilines is 1. The maximum absolute atomic E-state index is 4.94. The third-order valence-electron chi connectivity index (χ3n) is 7.00. The Hall–Kier alpha value is -2.46. The average Bonchev–Trinajstić information content (AvgIpc) is 3.28. The van der Waals surface area contributed by atoms with Gasteiger partial charge in [0.05, 0.1) is 5.69 Å². The highest BCUT2D eigenvalue weighted by atomic mass is 15.3. The Kier molecular flexibility index (Phi) is 5.67. The van der Waals surface area contributed by atoms with E-state index < -0.39 is 0 Å². The number of aromatic nitrogens is 2. The molecule has 1 saturated carbocycles. The molecule has 0 amide bonds. The Bertz CT molecular complexity index is 995. The summed E-state index contributed by atoms with van der Waals surface area (Å²) < 4.78 is 0. The first-order valence-electron chi connectivity index (χ1n) is 11.5. The van der Waals surface area contributed by atoms with E-state index >= 15 is 0 Å². The highest BCUT2D eigenvalue weighted by Gasteiger charge is 2.28. The zero-order chi connectivity index (χ0) is 20.3. The zero-order valence-corrected chi connectivity index (χ0v) is 18.0. The standard InChI is InChI=1S/C26H32N4/c1-29(24-9-3-2-4-10-24)18-20-14-16-30(19-20)26-27-15-13-25(28-26)23-12-11-21-7-5-6-8-22(21)17-23/h5-8,11-13,15,17,20,24H,2-4,9-10,14,16,18-19H2,1H3/t20-/m0/s1. The summed E-state index contributed by atoms with van der Waals surface area (Å²) in [5, 5.41) is 2.52. The van der Waals surface area contributed by atoms with Gasteiger partial charge in [0.2, 0.25) is 5.95 Å². The summed E-state index contributed by atoms with van der Waals surface area (Å²) in [7, 11) is 2.33. The van der Waals surface area contributed by atoms with Crippen molar-refractivity contribution in [3.8, 4) is 11.3 Å². The summed E-state index contributed by atoms with van der Waals surface area (Å²) in [6.07, 6.45) is 10.1.